The van der Waals surface area contributed by atoms with E-state index in [2.05, 4.69) is 15.2 Å². The molecule has 26 heavy (non-hydrogen) atoms. The molecular weight excluding hydrogens is 330 g/mol. The highest BCUT2D eigenvalue weighted by Crippen LogP contribution is 2.28. The van der Waals surface area contributed by atoms with Crippen LogP contribution in [0.15, 0.2) is 54.7 Å². The van der Waals surface area contributed by atoms with Crippen molar-refractivity contribution in [1.29, 1.82) is 0 Å². The average molecular weight is 351 g/mol. The third-order valence-electron chi connectivity index (χ3n) is 4.05. The van der Waals surface area contributed by atoms with Gasteiger partial charge in [-0.25, -0.2) is 0 Å². The summed E-state index contributed by atoms with van der Waals surface area (Å²) in [4.78, 5) is 23.6. The van der Waals surface area contributed by atoms with Crippen LogP contribution in [0, 0.1) is 0 Å². The van der Waals surface area contributed by atoms with E-state index in [-0.39, 0.29) is 11.8 Å². The molecule has 1 aromatic heterocycles. The average Bonchev–Trinajstić information content (AvgIpc) is 3.03. The second-order valence-corrected chi connectivity index (χ2v) is 5.96. The van der Waals surface area contributed by atoms with E-state index in [4.69, 9.17) is 4.74 Å². The first-order chi connectivity index (χ1) is 12.6. The zero-order valence-electron chi connectivity index (χ0n) is 14.8. The number of ether oxygens (including phenoxy) is 1. The second kappa shape index (κ2) is 7.74. The number of para-hydroxylation sites is 1. The first kappa shape index (κ1) is 17.5. The van der Waals surface area contributed by atoms with Crippen LogP contribution in [0.4, 0.5) is 11.4 Å². The van der Waals surface area contributed by atoms with Gasteiger partial charge in [0.05, 0.1) is 12.8 Å². The summed E-state index contributed by atoms with van der Waals surface area (Å²) in [6, 6.07) is 15.2. The second-order valence-electron chi connectivity index (χ2n) is 5.96. The van der Waals surface area contributed by atoms with Gasteiger partial charge in [0.1, 0.15) is 5.75 Å². The maximum Gasteiger partial charge on any atom is 0.226 e. The molecule has 0 unspecified atom stereocenters. The quantitative estimate of drug-likeness (QED) is 0.712. The molecule has 6 nitrogen and oxygen atoms in total. The minimum Gasteiger partial charge on any atom is -0.495 e. The monoisotopic (exact) mass is 351 g/mol. The fourth-order valence-corrected chi connectivity index (χ4v) is 2.85. The van der Waals surface area contributed by atoms with Crippen molar-refractivity contribution in [3.8, 4) is 5.75 Å². The minimum atomic E-state index is -0.203. The molecule has 6 heteroatoms. The van der Waals surface area contributed by atoms with Gasteiger partial charge in [-0.1, -0.05) is 18.2 Å². The van der Waals surface area contributed by atoms with Crippen LogP contribution in [0.25, 0.3) is 10.9 Å². The van der Waals surface area contributed by atoms with Gasteiger partial charge in [0.25, 0.3) is 0 Å². The molecule has 0 fully saturated rings. The Balaban J connectivity index is 1.65. The van der Waals surface area contributed by atoms with Crippen LogP contribution in [0.5, 0.6) is 5.75 Å². The number of aromatic nitrogens is 1. The number of carbonyl (C=O) groups is 2. The van der Waals surface area contributed by atoms with Crippen LogP contribution < -0.4 is 15.4 Å². The fourth-order valence-electron chi connectivity index (χ4n) is 2.85. The Morgan fingerprint density at radius 1 is 1.08 bits per heavy atom. The molecule has 0 bridgehead atoms. The highest BCUT2D eigenvalue weighted by molar-refractivity contribution is 5.94. The normalized spacial score (nSPS) is 10.5. The van der Waals surface area contributed by atoms with Crippen molar-refractivity contribution in [2.24, 2.45) is 0 Å². The maximum absolute atomic E-state index is 12.3. The standard InChI is InChI=1S/C20H21N3O3/c1-14(24)21-17-13-16(7-8-19(17)26-2)22-20(25)10-12-23-11-9-15-5-3-4-6-18(15)23/h3-9,11,13H,10,12H2,1-2H3,(H,21,24)(H,22,25). The Bertz CT molecular complexity index is 946. The molecule has 2 aromatic carbocycles. The molecule has 1 heterocycles. The van der Waals surface area contributed by atoms with E-state index < -0.39 is 0 Å². The van der Waals surface area contributed by atoms with Crippen molar-refractivity contribution in [2.45, 2.75) is 19.9 Å². The summed E-state index contributed by atoms with van der Waals surface area (Å²) in [5.41, 5.74) is 2.24. The smallest absolute Gasteiger partial charge is 0.226 e. The van der Waals surface area contributed by atoms with Gasteiger partial charge in [-0.3, -0.25) is 9.59 Å². The number of rotatable bonds is 6. The maximum atomic E-state index is 12.3. The zero-order valence-corrected chi connectivity index (χ0v) is 14.8. The largest absolute Gasteiger partial charge is 0.495 e. The molecule has 2 N–H and O–H groups in total. The Morgan fingerprint density at radius 2 is 1.88 bits per heavy atom. The molecule has 0 saturated carbocycles. The van der Waals surface area contributed by atoms with E-state index in [0.717, 1.165) is 10.9 Å². The van der Waals surface area contributed by atoms with Gasteiger partial charge in [-0.05, 0) is 35.7 Å². The first-order valence-corrected chi connectivity index (χ1v) is 8.36. The highest BCUT2D eigenvalue weighted by atomic mass is 16.5. The molecule has 0 aliphatic rings. The Hall–Kier alpha value is -3.28. The number of anilines is 2. The molecule has 0 aliphatic heterocycles. The van der Waals surface area contributed by atoms with Crippen LogP contribution in [0.3, 0.4) is 0 Å². The van der Waals surface area contributed by atoms with Crippen LogP contribution in [0.2, 0.25) is 0 Å². The van der Waals surface area contributed by atoms with Crippen LogP contribution in [-0.4, -0.2) is 23.5 Å². The number of aryl methyl sites for hydroxylation is 1. The Kier molecular flexibility index (Phi) is 5.22. The lowest BCUT2D eigenvalue weighted by molar-refractivity contribution is -0.116. The Labute approximate surface area is 151 Å². The van der Waals surface area contributed by atoms with Crippen molar-refractivity contribution < 1.29 is 14.3 Å². The van der Waals surface area contributed by atoms with E-state index in [1.165, 1.54) is 14.0 Å². The molecule has 0 aliphatic carbocycles. The molecule has 0 radical (unpaired) electrons. The number of benzene rings is 2. The van der Waals surface area contributed by atoms with Gasteiger partial charge in [0.2, 0.25) is 11.8 Å². The Morgan fingerprint density at radius 3 is 2.65 bits per heavy atom. The SMILES string of the molecule is COc1ccc(NC(=O)CCn2ccc3ccccc32)cc1NC(C)=O. The summed E-state index contributed by atoms with van der Waals surface area (Å²) in [7, 11) is 1.53. The predicted molar refractivity (Wildman–Crippen MR) is 102 cm³/mol. The molecule has 3 aromatic rings. The van der Waals surface area contributed by atoms with Crippen molar-refractivity contribution in [1.82, 2.24) is 4.57 Å². The van der Waals surface area contributed by atoms with Crippen LogP contribution in [0.1, 0.15) is 13.3 Å². The summed E-state index contributed by atoms with van der Waals surface area (Å²) in [5.74, 6) is 0.241. The minimum absolute atomic E-state index is 0.0956. The molecule has 3 rings (SSSR count). The first-order valence-electron chi connectivity index (χ1n) is 8.36. The summed E-state index contributed by atoms with van der Waals surface area (Å²) in [6.07, 6.45) is 2.33. The van der Waals surface area contributed by atoms with Gasteiger partial charge in [-0.2, -0.15) is 0 Å². The van der Waals surface area contributed by atoms with Crippen molar-refractivity contribution in [3.63, 3.8) is 0 Å². The third-order valence-corrected chi connectivity index (χ3v) is 4.05. The molecular formula is C20H21N3O3. The number of hydrogen-bond donors (Lipinski definition) is 2. The van der Waals surface area contributed by atoms with Crippen LogP contribution >= 0.6 is 0 Å². The zero-order chi connectivity index (χ0) is 18.5. The number of amides is 2. The van der Waals surface area contributed by atoms with Gasteiger partial charge in [0.15, 0.2) is 0 Å². The van der Waals surface area contributed by atoms with Crippen LogP contribution in [-0.2, 0) is 16.1 Å². The van der Waals surface area contributed by atoms with Crippen molar-refractivity contribution >= 4 is 34.1 Å². The molecule has 2 amide bonds. The fraction of sp³-hybridized carbons (Fsp3) is 0.200. The number of fused-ring (bicyclic) bond motifs is 1. The lowest BCUT2D eigenvalue weighted by Crippen LogP contribution is -2.15. The van der Waals surface area contributed by atoms with E-state index in [1.807, 2.05) is 36.5 Å². The molecule has 0 saturated heterocycles. The summed E-state index contributed by atoms with van der Waals surface area (Å²) < 4.78 is 7.27. The summed E-state index contributed by atoms with van der Waals surface area (Å²) in [6.45, 7) is 2.01. The number of hydrogen-bond acceptors (Lipinski definition) is 3. The van der Waals surface area contributed by atoms with E-state index in [9.17, 15) is 9.59 Å². The van der Waals surface area contributed by atoms with Crippen molar-refractivity contribution in [2.75, 3.05) is 17.7 Å². The lowest BCUT2D eigenvalue weighted by Gasteiger charge is -2.12. The van der Waals surface area contributed by atoms with Gasteiger partial charge in [0, 0.05) is 37.3 Å². The number of methoxy groups -OCH3 is 1. The lowest BCUT2D eigenvalue weighted by atomic mass is 10.2. The molecule has 134 valence electrons. The topological polar surface area (TPSA) is 72.4 Å². The molecule has 0 spiro atoms. The number of nitrogens with one attached hydrogen (secondary N) is 2. The number of nitrogens with zero attached hydrogens (tertiary/aromatic N) is 1. The van der Waals surface area contributed by atoms with E-state index in [1.54, 1.807) is 18.2 Å². The molecule has 0 atom stereocenters. The highest BCUT2D eigenvalue weighted by Gasteiger charge is 2.09. The third kappa shape index (κ3) is 4.03. The van der Waals surface area contributed by atoms with Gasteiger partial charge >= 0.3 is 0 Å². The summed E-state index contributed by atoms with van der Waals surface area (Å²) in [5, 5.41) is 6.71. The van der Waals surface area contributed by atoms with E-state index in [0.29, 0.717) is 30.1 Å². The van der Waals surface area contributed by atoms with Gasteiger partial charge < -0.3 is 19.9 Å². The van der Waals surface area contributed by atoms with E-state index >= 15 is 0 Å². The van der Waals surface area contributed by atoms with Gasteiger partial charge in [-0.15, -0.1) is 0 Å². The van der Waals surface area contributed by atoms with Crippen molar-refractivity contribution in [3.05, 3.63) is 54.7 Å². The summed E-state index contributed by atoms with van der Waals surface area (Å²) >= 11 is 0. The number of carbonyl (C=O) groups excluding carboxylic acids is 2. The predicted octanol–water partition coefficient (Wildman–Crippen LogP) is 3.64.